The SMILES string of the molecule is COc1ccc(-c2cc3ccccc3c3nc(=O)c4ccc(Cl)cc4n23)cc1. The summed E-state index contributed by atoms with van der Waals surface area (Å²) in [4.78, 5) is 17.1. The van der Waals surface area contributed by atoms with Crippen molar-refractivity contribution in [1.82, 2.24) is 9.38 Å². The second kappa shape index (κ2) is 6.36. The number of hydrogen-bond donors (Lipinski definition) is 0. The van der Waals surface area contributed by atoms with Crippen LogP contribution in [0.1, 0.15) is 0 Å². The molecule has 0 saturated carbocycles. The lowest BCUT2D eigenvalue weighted by Gasteiger charge is -2.15. The third-order valence-corrected chi connectivity index (χ3v) is 5.21. The zero-order chi connectivity index (χ0) is 19.3. The van der Waals surface area contributed by atoms with Crippen LogP contribution in [0.2, 0.25) is 5.02 Å². The van der Waals surface area contributed by atoms with Gasteiger partial charge in [0, 0.05) is 10.4 Å². The largest absolute Gasteiger partial charge is 0.497 e. The molecule has 0 fully saturated rings. The summed E-state index contributed by atoms with van der Waals surface area (Å²) in [7, 11) is 1.64. The molecule has 5 heteroatoms. The van der Waals surface area contributed by atoms with Crippen LogP contribution in [-0.2, 0) is 0 Å². The van der Waals surface area contributed by atoms with Crippen molar-refractivity contribution in [1.29, 1.82) is 0 Å². The molecular weight excluding hydrogens is 372 g/mol. The lowest BCUT2D eigenvalue weighted by Crippen LogP contribution is -2.12. The van der Waals surface area contributed by atoms with E-state index in [0.717, 1.165) is 33.3 Å². The van der Waals surface area contributed by atoms with Crippen LogP contribution in [0, 0.1) is 0 Å². The Hall–Kier alpha value is -3.37. The van der Waals surface area contributed by atoms with Gasteiger partial charge in [-0.05, 0) is 59.5 Å². The Morgan fingerprint density at radius 3 is 2.50 bits per heavy atom. The monoisotopic (exact) mass is 386 g/mol. The number of nitrogens with zero attached hydrogens (tertiary/aromatic N) is 2. The summed E-state index contributed by atoms with van der Waals surface area (Å²) in [6, 6.07) is 23.1. The molecule has 5 aromatic rings. The fraction of sp³-hybridized carbons (Fsp3) is 0.0435. The minimum Gasteiger partial charge on any atom is -0.497 e. The highest BCUT2D eigenvalue weighted by molar-refractivity contribution is 6.31. The van der Waals surface area contributed by atoms with Gasteiger partial charge in [0.1, 0.15) is 11.4 Å². The predicted octanol–water partition coefficient (Wildman–Crippen LogP) is 5.33. The molecular formula is C23H15ClN2O2. The molecule has 0 amide bonds. The van der Waals surface area contributed by atoms with Crippen molar-refractivity contribution < 1.29 is 4.74 Å². The minimum atomic E-state index is -0.260. The Bertz CT molecular complexity index is 1420. The first kappa shape index (κ1) is 16.8. The molecule has 3 aromatic carbocycles. The van der Waals surface area contributed by atoms with Crippen molar-refractivity contribution in [2.24, 2.45) is 0 Å². The molecule has 0 atom stereocenters. The van der Waals surface area contributed by atoms with Gasteiger partial charge in [0.15, 0.2) is 0 Å². The third kappa shape index (κ3) is 2.53. The van der Waals surface area contributed by atoms with Crippen molar-refractivity contribution in [3.05, 3.63) is 88.2 Å². The molecule has 0 aliphatic carbocycles. The molecule has 4 nitrogen and oxygen atoms in total. The molecule has 0 bridgehead atoms. The summed E-state index contributed by atoms with van der Waals surface area (Å²) in [5.41, 5.74) is 3.01. The number of aromatic nitrogens is 2. The normalized spacial score (nSPS) is 11.4. The summed E-state index contributed by atoms with van der Waals surface area (Å²) in [5.74, 6) is 0.784. The third-order valence-electron chi connectivity index (χ3n) is 4.97. The summed E-state index contributed by atoms with van der Waals surface area (Å²) in [5, 5.41) is 3.04. The van der Waals surface area contributed by atoms with Gasteiger partial charge in [-0.1, -0.05) is 35.9 Å². The highest BCUT2D eigenvalue weighted by Gasteiger charge is 2.14. The van der Waals surface area contributed by atoms with E-state index in [9.17, 15) is 4.79 Å². The van der Waals surface area contributed by atoms with E-state index in [-0.39, 0.29) is 5.56 Å². The molecule has 5 rings (SSSR count). The van der Waals surface area contributed by atoms with Gasteiger partial charge in [-0.15, -0.1) is 0 Å². The maximum Gasteiger partial charge on any atom is 0.281 e. The zero-order valence-corrected chi connectivity index (χ0v) is 15.8. The summed E-state index contributed by atoms with van der Waals surface area (Å²) < 4.78 is 7.29. The van der Waals surface area contributed by atoms with Crippen LogP contribution < -0.4 is 10.3 Å². The summed E-state index contributed by atoms with van der Waals surface area (Å²) in [6.07, 6.45) is 0. The van der Waals surface area contributed by atoms with E-state index in [0.29, 0.717) is 16.1 Å². The Balaban J connectivity index is 2.02. The zero-order valence-electron chi connectivity index (χ0n) is 15.0. The molecule has 0 radical (unpaired) electrons. The Kier molecular flexibility index (Phi) is 3.81. The predicted molar refractivity (Wildman–Crippen MR) is 113 cm³/mol. The lowest BCUT2D eigenvalue weighted by molar-refractivity contribution is 0.415. The summed E-state index contributed by atoms with van der Waals surface area (Å²) in [6.45, 7) is 0. The molecule has 2 aromatic heterocycles. The fourth-order valence-electron chi connectivity index (χ4n) is 3.63. The molecule has 2 heterocycles. The number of pyridine rings is 1. The molecule has 0 aliphatic rings. The Labute approximate surface area is 165 Å². The van der Waals surface area contributed by atoms with Gasteiger partial charge in [0.2, 0.25) is 0 Å². The van der Waals surface area contributed by atoms with Crippen LogP contribution in [0.4, 0.5) is 0 Å². The highest BCUT2D eigenvalue weighted by Crippen LogP contribution is 2.31. The van der Waals surface area contributed by atoms with Crippen LogP contribution in [0.3, 0.4) is 0 Å². The number of methoxy groups -OCH3 is 1. The first-order chi connectivity index (χ1) is 13.7. The van der Waals surface area contributed by atoms with Crippen molar-refractivity contribution in [2.45, 2.75) is 0 Å². The standard InChI is InChI=1S/C23H15ClN2O2/c1-28-17-9-6-14(7-10-17)20-12-15-4-2-3-5-18(15)22-25-23(27)19-11-8-16(24)13-21(19)26(20)22/h2-13H,1H3. The van der Waals surface area contributed by atoms with Gasteiger partial charge in [-0.3, -0.25) is 9.20 Å². The molecule has 136 valence electrons. The molecule has 0 spiro atoms. The van der Waals surface area contributed by atoms with Crippen LogP contribution in [0.15, 0.2) is 77.6 Å². The van der Waals surface area contributed by atoms with Crippen molar-refractivity contribution in [3.63, 3.8) is 0 Å². The van der Waals surface area contributed by atoms with Crippen molar-refractivity contribution >= 4 is 38.9 Å². The average molecular weight is 387 g/mol. The molecule has 0 aliphatic heterocycles. The molecule has 0 unspecified atom stereocenters. The van der Waals surface area contributed by atoms with Crippen LogP contribution in [-0.4, -0.2) is 16.5 Å². The van der Waals surface area contributed by atoms with Gasteiger partial charge >= 0.3 is 0 Å². The van der Waals surface area contributed by atoms with E-state index < -0.39 is 0 Å². The molecule has 28 heavy (non-hydrogen) atoms. The quantitative estimate of drug-likeness (QED) is 0.385. The van der Waals surface area contributed by atoms with Gasteiger partial charge in [0.05, 0.1) is 23.7 Å². The Morgan fingerprint density at radius 2 is 1.71 bits per heavy atom. The van der Waals surface area contributed by atoms with Crippen LogP contribution in [0.5, 0.6) is 5.75 Å². The smallest absolute Gasteiger partial charge is 0.281 e. The van der Waals surface area contributed by atoms with Gasteiger partial charge < -0.3 is 4.74 Å². The van der Waals surface area contributed by atoms with E-state index in [4.69, 9.17) is 16.3 Å². The number of ether oxygens (including phenoxy) is 1. The average Bonchev–Trinajstić information content (AvgIpc) is 2.73. The van der Waals surface area contributed by atoms with Crippen molar-refractivity contribution in [2.75, 3.05) is 7.11 Å². The number of halogens is 1. The topological polar surface area (TPSA) is 43.6 Å². The number of benzene rings is 3. The number of fused-ring (bicyclic) bond motifs is 5. The first-order valence-electron chi connectivity index (χ1n) is 8.84. The second-order valence-corrected chi connectivity index (χ2v) is 7.02. The fourth-order valence-corrected chi connectivity index (χ4v) is 3.79. The van der Waals surface area contributed by atoms with E-state index in [1.165, 1.54) is 0 Å². The number of rotatable bonds is 2. The van der Waals surface area contributed by atoms with E-state index >= 15 is 0 Å². The van der Waals surface area contributed by atoms with Crippen molar-refractivity contribution in [3.8, 4) is 17.0 Å². The van der Waals surface area contributed by atoms with Gasteiger partial charge in [-0.25, -0.2) is 0 Å². The highest BCUT2D eigenvalue weighted by atomic mass is 35.5. The van der Waals surface area contributed by atoms with E-state index in [2.05, 4.69) is 11.1 Å². The molecule has 0 N–H and O–H groups in total. The molecule has 0 saturated heterocycles. The van der Waals surface area contributed by atoms with Gasteiger partial charge in [-0.2, -0.15) is 4.98 Å². The lowest BCUT2D eigenvalue weighted by atomic mass is 10.1. The summed E-state index contributed by atoms with van der Waals surface area (Å²) >= 11 is 6.28. The maximum absolute atomic E-state index is 12.7. The number of hydrogen-bond acceptors (Lipinski definition) is 3. The van der Waals surface area contributed by atoms with E-state index in [1.807, 2.05) is 59.0 Å². The van der Waals surface area contributed by atoms with E-state index in [1.54, 1.807) is 19.2 Å². The van der Waals surface area contributed by atoms with Crippen LogP contribution in [0.25, 0.3) is 38.6 Å². The second-order valence-electron chi connectivity index (χ2n) is 6.58. The maximum atomic E-state index is 12.7. The van der Waals surface area contributed by atoms with Crippen LogP contribution >= 0.6 is 11.6 Å². The first-order valence-corrected chi connectivity index (χ1v) is 9.22. The Morgan fingerprint density at radius 1 is 0.929 bits per heavy atom. The minimum absolute atomic E-state index is 0.260. The van der Waals surface area contributed by atoms with Gasteiger partial charge in [0.25, 0.3) is 5.56 Å².